The van der Waals surface area contributed by atoms with Gasteiger partial charge in [0.15, 0.2) is 0 Å². The van der Waals surface area contributed by atoms with E-state index in [4.69, 9.17) is 10.5 Å². The molecule has 0 unspecified atom stereocenters. The number of ether oxygens (including phenoxy) is 1. The van der Waals surface area contributed by atoms with Crippen LogP contribution >= 0.6 is 0 Å². The van der Waals surface area contributed by atoms with Crippen LogP contribution in [-0.4, -0.2) is 23.6 Å². The van der Waals surface area contributed by atoms with E-state index >= 15 is 0 Å². The fraction of sp³-hybridized carbons (Fsp3) is 0.0769. The number of amides is 2. The lowest BCUT2D eigenvalue weighted by Gasteiger charge is -2.04. The van der Waals surface area contributed by atoms with E-state index < -0.39 is 6.03 Å². The monoisotopic (exact) mass is 259 g/mol. The third-order valence-corrected chi connectivity index (χ3v) is 2.60. The molecule has 19 heavy (non-hydrogen) atoms. The van der Waals surface area contributed by atoms with Gasteiger partial charge in [0, 0.05) is 17.6 Å². The van der Waals surface area contributed by atoms with Crippen molar-refractivity contribution in [2.24, 2.45) is 5.73 Å². The largest absolute Gasteiger partial charge is 0.489 e. The summed E-state index contributed by atoms with van der Waals surface area (Å²) in [6.45, 7) is 3.92. The lowest BCUT2D eigenvalue weighted by atomic mass is 10.2. The second-order valence-electron chi connectivity index (χ2n) is 3.79. The Bertz CT molecular complexity index is 646. The smallest absolute Gasteiger partial charge is 0.323 e. The van der Waals surface area contributed by atoms with Crippen molar-refractivity contribution in [3.8, 4) is 5.75 Å². The molecule has 0 atom stereocenters. The van der Waals surface area contributed by atoms with Gasteiger partial charge in [0.1, 0.15) is 12.4 Å². The van der Waals surface area contributed by atoms with Crippen LogP contribution in [0.5, 0.6) is 5.75 Å². The zero-order chi connectivity index (χ0) is 13.8. The lowest BCUT2D eigenvalue weighted by molar-refractivity contribution is -0.105. The van der Waals surface area contributed by atoms with E-state index in [9.17, 15) is 9.59 Å². The lowest BCUT2D eigenvalue weighted by Crippen LogP contribution is -2.18. The molecule has 1 aromatic heterocycles. The molecule has 98 valence electrons. The number of anilines is 1. The van der Waals surface area contributed by atoms with Crippen LogP contribution in [0.4, 0.5) is 10.5 Å². The van der Waals surface area contributed by atoms with Gasteiger partial charge in [-0.3, -0.25) is 9.36 Å². The predicted molar refractivity (Wildman–Crippen MR) is 72.3 cm³/mol. The summed E-state index contributed by atoms with van der Waals surface area (Å²) in [7, 11) is 0. The summed E-state index contributed by atoms with van der Waals surface area (Å²) in [4.78, 5) is 21.9. The fourth-order valence-corrected chi connectivity index (χ4v) is 1.81. The summed E-state index contributed by atoms with van der Waals surface area (Å²) in [5.74, 6) is 0.589. The van der Waals surface area contributed by atoms with Crippen LogP contribution in [0, 0.1) is 0 Å². The number of carbonyl (C=O) groups is 2. The molecule has 0 fully saturated rings. The Morgan fingerprint density at radius 2 is 2.32 bits per heavy atom. The van der Waals surface area contributed by atoms with E-state index in [-0.39, 0.29) is 0 Å². The molecule has 3 N–H and O–H groups in total. The third-order valence-electron chi connectivity index (χ3n) is 2.60. The highest BCUT2D eigenvalue weighted by Crippen LogP contribution is 2.28. The molecule has 6 nitrogen and oxygen atoms in total. The molecule has 1 aromatic carbocycles. The number of rotatable bonds is 5. The maximum atomic E-state index is 11.4. The number of nitrogens with two attached hydrogens (primary N) is 1. The number of carbonyl (C=O) groups excluding carboxylic acids is 2. The summed E-state index contributed by atoms with van der Waals surface area (Å²) in [5, 5.41) is 3.23. The van der Waals surface area contributed by atoms with E-state index in [2.05, 4.69) is 11.9 Å². The molecule has 2 rings (SSSR count). The standard InChI is InChI=1S/C13H13N3O3/c1-2-5-19-9-3-4-10-11(15-8-17)7-16(13(14)18)12(10)6-9/h2-4,6-8H,1,5H2,(H2,14,18)(H,15,17). The molecule has 0 bridgehead atoms. The van der Waals surface area contributed by atoms with Crippen LogP contribution in [0.15, 0.2) is 37.1 Å². The maximum absolute atomic E-state index is 11.4. The normalized spacial score (nSPS) is 10.1. The first kappa shape index (κ1) is 12.7. The quantitative estimate of drug-likeness (QED) is 0.633. The third kappa shape index (κ3) is 2.42. The topological polar surface area (TPSA) is 86.3 Å². The molecular weight excluding hydrogens is 246 g/mol. The average molecular weight is 259 g/mol. The van der Waals surface area contributed by atoms with Gasteiger partial charge in [0.2, 0.25) is 6.41 Å². The SMILES string of the molecule is C=CCOc1ccc2c(NC=O)cn(C(N)=O)c2c1. The Labute approximate surface area is 109 Å². The number of fused-ring (bicyclic) bond motifs is 1. The summed E-state index contributed by atoms with van der Waals surface area (Å²) < 4.78 is 6.65. The van der Waals surface area contributed by atoms with Crippen LogP contribution in [0.25, 0.3) is 10.9 Å². The summed E-state index contributed by atoms with van der Waals surface area (Å²) in [6.07, 6.45) is 3.64. The molecule has 6 heteroatoms. The molecule has 1 heterocycles. The highest BCUT2D eigenvalue weighted by atomic mass is 16.5. The zero-order valence-electron chi connectivity index (χ0n) is 10.1. The molecule has 0 aliphatic carbocycles. The molecule has 2 amide bonds. The minimum absolute atomic E-state index is 0.363. The predicted octanol–water partition coefficient (Wildman–Crippen LogP) is 1.70. The Morgan fingerprint density at radius 3 is 2.95 bits per heavy atom. The van der Waals surface area contributed by atoms with Crippen molar-refractivity contribution in [2.45, 2.75) is 0 Å². The van der Waals surface area contributed by atoms with Crippen molar-refractivity contribution in [1.29, 1.82) is 0 Å². The van der Waals surface area contributed by atoms with Crippen molar-refractivity contribution < 1.29 is 14.3 Å². The second kappa shape index (κ2) is 5.26. The van der Waals surface area contributed by atoms with E-state index in [0.717, 1.165) is 0 Å². The number of hydrogen-bond donors (Lipinski definition) is 2. The molecule has 0 spiro atoms. The van der Waals surface area contributed by atoms with Gasteiger partial charge in [-0.2, -0.15) is 0 Å². The van der Waals surface area contributed by atoms with Gasteiger partial charge >= 0.3 is 6.03 Å². The van der Waals surface area contributed by atoms with Crippen LogP contribution in [0.2, 0.25) is 0 Å². The number of nitrogens with one attached hydrogen (secondary N) is 1. The fourth-order valence-electron chi connectivity index (χ4n) is 1.81. The second-order valence-corrected chi connectivity index (χ2v) is 3.79. The van der Waals surface area contributed by atoms with E-state index in [1.807, 2.05) is 0 Å². The van der Waals surface area contributed by atoms with E-state index in [1.54, 1.807) is 24.3 Å². The summed E-state index contributed by atoms with van der Waals surface area (Å²) >= 11 is 0. The Balaban J connectivity index is 2.55. The van der Waals surface area contributed by atoms with Gasteiger partial charge in [0.25, 0.3) is 0 Å². The number of nitrogens with zero attached hydrogens (tertiary/aromatic N) is 1. The first-order valence-electron chi connectivity index (χ1n) is 5.56. The molecule has 0 saturated heterocycles. The first-order chi connectivity index (χ1) is 9.17. The van der Waals surface area contributed by atoms with Gasteiger partial charge < -0.3 is 15.8 Å². The highest BCUT2D eigenvalue weighted by Gasteiger charge is 2.12. The molecule has 0 radical (unpaired) electrons. The molecule has 0 aliphatic heterocycles. The van der Waals surface area contributed by atoms with Gasteiger partial charge in [-0.1, -0.05) is 12.7 Å². The van der Waals surface area contributed by atoms with Crippen LogP contribution in [0.1, 0.15) is 0 Å². The maximum Gasteiger partial charge on any atom is 0.323 e. The van der Waals surface area contributed by atoms with Gasteiger partial charge in [-0.15, -0.1) is 0 Å². The van der Waals surface area contributed by atoms with Crippen molar-refractivity contribution in [3.05, 3.63) is 37.1 Å². The van der Waals surface area contributed by atoms with Crippen molar-refractivity contribution in [3.63, 3.8) is 0 Å². The number of primary amides is 1. The summed E-state index contributed by atoms with van der Waals surface area (Å²) in [5.41, 5.74) is 6.37. The number of hydrogen-bond acceptors (Lipinski definition) is 3. The van der Waals surface area contributed by atoms with Crippen LogP contribution < -0.4 is 15.8 Å². The Hall–Kier alpha value is -2.76. The number of aromatic nitrogens is 1. The molecular formula is C13H13N3O3. The van der Waals surface area contributed by atoms with Crippen molar-refractivity contribution in [2.75, 3.05) is 11.9 Å². The molecule has 0 saturated carbocycles. The minimum Gasteiger partial charge on any atom is -0.489 e. The number of benzene rings is 1. The van der Waals surface area contributed by atoms with Crippen molar-refractivity contribution >= 4 is 29.0 Å². The highest BCUT2D eigenvalue weighted by molar-refractivity contribution is 6.02. The molecule has 0 aliphatic rings. The van der Waals surface area contributed by atoms with E-state index in [0.29, 0.717) is 35.4 Å². The van der Waals surface area contributed by atoms with Crippen LogP contribution in [-0.2, 0) is 4.79 Å². The van der Waals surface area contributed by atoms with Crippen LogP contribution in [0.3, 0.4) is 0 Å². The first-order valence-corrected chi connectivity index (χ1v) is 5.56. The van der Waals surface area contributed by atoms with Gasteiger partial charge in [-0.25, -0.2) is 4.79 Å². The van der Waals surface area contributed by atoms with E-state index in [1.165, 1.54) is 10.8 Å². The molecule has 2 aromatic rings. The minimum atomic E-state index is -0.634. The zero-order valence-corrected chi connectivity index (χ0v) is 10.1. The van der Waals surface area contributed by atoms with Gasteiger partial charge in [-0.05, 0) is 12.1 Å². The average Bonchev–Trinajstić information content (AvgIpc) is 2.75. The Kier molecular flexibility index (Phi) is 3.51. The van der Waals surface area contributed by atoms with Crippen molar-refractivity contribution in [1.82, 2.24) is 4.57 Å². The Morgan fingerprint density at radius 1 is 1.53 bits per heavy atom. The van der Waals surface area contributed by atoms with Gasteiger partial charge in [0.05, 0.1) is 11.2 Å². The summed E-state index contributed by atoms with van der Waals surface area (Å²) in [6, 6.07) is 4.54.